The molecule has 4 heteroatoms. The summed E-state index contributed by atoms with van der Waals surface area (Å²) in [5.41, 5.74) is 2.97. The Morgan fingerprint density at radius 1 is 1.09 bits per heavy atom. The van der Waals surface area contributed by atoms with Gasteiger partial charge in [-0.05, 0) is 48.9 Å². The molecule has 114 valence electrons. The Morgan fingerprint density at radius 3 is 2.55 bits per heavy atom. The van der Waals surface area contributed by atoms with Gasteiger partial charge in [-0.3, -0.25) is 0 Å². The molecule has 0 atom stereocenters. The van der Waals surface area contributed by atoms with Crippen LogP contribution in [0.15, 0.2) is 42.5 Å². The molecule has 1 aliphatic heterocycles. The summed E-state index contributed by atoms with van der Waals surface area (Å²) in [6.07, 6.45) is 0.981. The van der Waals surface area contributed by atoms with E-state index in [4.69, 9.17) is 9.47 Å². The third-order valence-corrected chi connectivity index (χ3v) is 3.90. The van der Waals surface area contributed by atoms with E-state index in [1.54, 1.807) is 19.2 Å². The summed E-state index contributed by atoms with van der Waals surface area (Å²) in [5, 5.41) is 0. The Morgan fingerprint density at radius 2 is 1.82 bits per heavy atom. The molecule has 0 saturated heterocycles. The Kier molecular flexibility index (Phi) is 4.11. The zero-order valence-corrected chi connectivity index (χ0v) is 12.8. The molecule has 0 N–H and O–H groups in total. The highest BCUT2D eigenvalue weighted by molar-refractivity contribution is 5.91. The molecule has 3 rings (SSSR count). The lowest BCUT2D eigenvalue weighted by Crippen LogP contribution is -2.26. The summed E-state index contributed by atoms with van der Waals surface area (Å²) in [5.74, 6) is 0.709. The van der Waals surface area contributed by atoms with Gasteiger partial charge in [-0.25, -0.2) is 4.79 Å². The number of nitrogens with zero attached hydrogens (tertiary/aromatic N) is 1. The lowest BCUT2D eigenvalue weighted by atomic mass is 9.99. The number of esters is 1. The maximum atomic E-state index is 12.2. The summed E-state index contributed by atoms with van der Waals surface area (Å²) < 4.78 is 10.9. The van der Waals surface area contributed by atoms with E-state index in [1.165, 1.54) is 11.1 Å². The molecule has 2 aromatic carbocycles. The Balaban J connectivity index is 1.89. The van der Waals surface area contributed by atoms with Crippen LogP contribution in [0.2, 0.25) is 0 Å². The number of benzene rings is 2. The number of hydrogen-bond acceptors (Lipinski definition) is 4. The molecule has 0 fully saturated rings. The van der Waals surface area contributed by atoms with E-state index in [0.717, 1.165) is 19.5 Å². The van der Waals surface area contributed by atoms with E-state index in [0.29, 0.717) is 17.1 Å². The third kappa shape index (κ3) is 2.97. The third-order valence-electron chi connectivity index (χ3n) is 3.90. The molecule has 0 spiro atoms. The highest BCUT2D eigenvalue weighted by atomic mass is 16.6. The predicted molar refractivity (Wildman–Crippen MR) is 84.4 cm³/mol. The fourth-order valence-electron chi connectivity index (χ4n) is 2.68. The summed E-state index contributed by atoms with van der Waals surface area (Å²) in [6, 6.07) is 12.9. The van der Waals surface area contributed by atoms with Crippen molar-refractivity contribution in [3.63, 3.8) is 0 Å². The van der Waals surface area contributed by atoms with Crippen LogP contribution in [0.1, 0.15) is 21.5 Å². The number of likely N-dealkylation sites (N-methyl/N-ethyl adjacent to an activating group) is 1. The molecule has 0 radical (unpaired) electrons. The van der Waals surface area contributed by atoms with Crippen molar-refractivity contribution in [2.45, 2.75) is 13.0 Å². The molecular formula is C18H19NO3. The second kappa shape index (κ2) is 6.20. The van der Waals surface area contributed by atoms with Crippen molar-refractivity contribution in [3.8, 4) is 11.5 Å². The van der Waals surface area contributed by atoms with Crippen molar-refractivity contribution in [1.82, 2.24) is 4.90 Å². The van der Waals surface area contributed by atoms with E-state index in [1.807, 2.05) is 30.3 Å². The van der Waals surface area contributed by atoms with Gasteiger partial charge in [0.25, 0.3) is 0 Å². The van der Waals surface area contributed by atoms with Gasteiger partial charge in [0.2, 0.25) is 0 Å². The molecule has 0 aromatic heterocycles. The number of hydrogen-bond donors (Lipinski definition) is 0. The largest absolute Gasteiger partial charge is 0.493 e. The maximum absolute atomic E-state index is 12.2. The van der Waals surface area contributed by atoms with Crippen molar-refractivity contribution in [3.05, 3.63) is 59.2 Å². The average molecular weight is 297 g/mol. The van der Waals surface area contributed by atoms with Gasteiger partial charge in [-0.1, -0.05) is 18.2 Å². The van der Waals surface area contributed by atoms with Gasteiger partial charge in [-0.15, -0.1) is 0 Å². The fraction of sp³-hybridized carbons (Fsp3) is 0.278. The van der Waals surface area contributed by atoms with Crippen LogP contribution in [0, 0.1) is 0 Å². The van der Waals surface area contributed by atoms with Crippen molar-refractivity contribution >= 4 is 5.97 Å². The zero-order chi connectivity index (χ0) is 15.5. The molecule has 0 saturated carbocycles. The second-order valence-corrected chi connectivity index (χ2v) is 5.52. The molecule has 22 heavy (non-hydrogen) atoms. The minimum absolute atomic E-state index is 0.372. The van der Waals surface area contributed by atoms with E-state index in [-0.39, 0.29) is 5.97 Å². The van der Waals surface area contributed by atoms with E-state index in [9.17, 15) is 4.79 Å². The molecule has 0 aliphatic carbocycles. The van der Waals surface area contributed by atoms with Crippen molar-refractivity contribution in [2.75, 3.05) is 20.7 Å². The van der Waals surface area contributed by atoms with Crippen LogP contribution in [0.3, 0.4) is 0 Å². The van der Waals surface area contributed by atoms with Gasteiger partial charge < -0.3 is 14.4 Å². The van der Waals surface area contributed by atoms with Crippen LogP contribution in [0.5, 0.6) is 11.5 Å². The average Bonchev–Trinajstić information content (AvgIpc) is 2.55. The number of ether oxygens (including phenoxy) is 2. The van der Waals surface area contributed by atoms with Crippen molar-refractivity contribution in [1.29, 1.82) is 0 Å². The van der Waals surface area contributed by atoms with Gasteiger partial charge in [-0.2, -0.15) is 0 Å². The molecule has 1 aliphatic rings. The summed E-state index contributed by atoms with van der Waals surface area (Å²) in [7, 11) is 3.68. The highest BCUT2D eigenvalue weighted by Crippen LogP contribution is 2.33. The number of rotatable bonds is 3. The molecule has 0 amide bonds. The van der Waals surface area contributed by atoms with Crippen molar-refractivity contribution in [2.24, 2.45) is 0 Å². The van der Waals surface area contributed by atoms with Crippen LogP contribution in [-0.2, 0) is 13.0 Å². The quantitative estimate of drug-likeness (QED) is 0.645. The minimum atomic E-state index is -0.372. The first kappa shape index (κ1) is 14.6. The van der Waals surface area contributed by atoms with Gasteiger partial charge in [0.05, 0.1) is 12.7 Å². The van der Waals surface area contributed by atoms with Gasteiger partial charge >= 0.3 is 5.97 Å². The van der Waals surface area contributed by atoms with Crippen LogP contribution in [-0.4, -0.2) is 31.6 Å². The SMILES string of the molecule is COc1cc2c(cc1OC(=O)c1ccccc1)CN(C)CC2. The second-order valence-electron chi connectivity index (χ2n) is 5.52. The van der Waals surface area contributed by atoms with Gasteiger partial charge in [0, 0.05) is 13.1 Å². The number of carbonyl (C=O) groups excluding carboxylic acids is 1. The first-order valence-corrected chi connectivity index (χ1v) is 7.33. The topological polar surface area (TPSA) is 38.8 Å². The number of carbonyl (C=O) groups is 1. The number of fused-ring (bicyclic) bond motifs is 1. The maximum Gasteiger partial charge on any atom is 0.343 e. The fourth-order valence-corrected chi connectivity index (χ4v) is 2.68. The standard InChI is InChI=1S/C18H19NO3/c1-19-9-8-14-10-16(21-2)17(11-15(14)12-19)22-18(20)13-6-4-3-5-7-13/h3-7,10-11H,8-9,12H2,1-2H3. The van der Waals surface area contributed by atoms with Crippen LogP contribution < -0.4 is 9.47 Å². The van der Waals surface area contributed by atoms with Gasteiger partial charge in [0.15, 0.2) is 11.5 Å². The normalized spacial score (nSPS) is 14.3. The lowest BCUT2D eigenvalue weighted by Gasteiger charge is -2.26. The molecule has 0 bridgehead atoms. The Labute approximate surface area is 130 Å². The summed E-state index contributed by atoms with van der Waals surface area (Å²) in [6.45, 7) is 1.88. The minimum Gasteiger partial charge on any atom is -0.493 e. The molecule has 1 heterocycles. The predicted octanol–water partition coefficient (Wildman–Crippen LogP) is 2.90. The van der Waals surface area contributed by atoms with Crippen molar-refractivity contribution < 1.29 is 14.3 Å². The zero-order valence-electron chi connectivity index (χ0n) is 12.8. The van der Waals surface area contributed by atoms with E-state index < -0.39 is 0 Å². The van der Waals surface area contributed by atoms with Crippen LogP contribution in [0.25, 0.3) is 0 Å². The Hall–Kier alpha value is -2.33. The van der Waals surface area contributed by atoms with Crippen LogP contribution >= 0.6 is 0 Å². The summed E-state index contributed by atoms with van der Waals surface area (Å²) in [4.78, 5) is 14.5. The molecular weight excluding hydrogens is 278 g/mol. The van der Waals surface area contributed by atoms with E-state index in [2.05, 4.69) is 11.9 Å². The molecule has 4 nitrogen and oxygen atoms in total. The molecule has 0 unspecified atom stereocenters. The number of methoxy groups -OCH3 is 1. The Bertz CT molecular complexity index is 682. The molecule has 2 aromatic rings. The lowest BCUT2D eigenvalue weighted by molar-refractivity contribution is 0.0729. The first-order chi connectivity index (χ1) is 10.7. The highest BCUT2D eigenvalue weighted by Gasteiger charge is 2.19. The monoisotopic (exact) mass is 297 g/mol. The smallest absolute Gasteiger partial charge is 0.343 e. The first-order valence-electron chi connectivity index (χ1n) is 7.33. The van der Waals surface area contributed by atoms with Crippen LogP contribution in [0.4, 0.5) is 0 Å². The van der Waals surface area contributed by atoms with Gasteiger partial charge in [0.1, 0.15) is 0 Å². The summed E-state index contributed by atoms with van der Waals surface area (Å²) >= 11 is 0. The van der Waals surface area contributed by atoms with E-state index >= 15 is 0 Å².